The van der Waals surface area contributed by atoms with E-state index in [9.17, 15) is 18.0 Å². The molecular formula is C8H7ClF3NO3. The summed E-state index contributed by atoms with van der Waals surface area (Å²) in [4.78, 5) is 13.6. The number of rotatable bonds is 3. The van der Waals surface area contributed by atoms with Crippen molar-refractivity contribution in [3.8, 4) is 5.75 Å². The van der Waals surface area contributed by atoms with Gasteiger partial charge in [-0.2, -0.15) is 0 Å². The van der Waals surface area contributed by atoms with Crippen LogP contribution < -0.4 is 10.2 Å². The Hall–Kier alpha value is -1.21. The molecule has 0 aromatic carbocycles. The van der Waals surface area contributed by atoms with Crippen LogP contribution in [0.5, 0.6) is 5.75 Å². The summed E-state index contributed by atoms with van der Waals surface area (Å²) < 4.78 is 39.4. The highest BCUT2D eigenvalue weighted by Crippen LogP contribution is 2.23. The summed E-state index contributed by atoms with van der Waals surface area (Å²) in [5.41, 5.74) is -1.15. The van der Waals surface area contributed by atoms with E-state index in [4.69, 9.17) is 16.7 Å². The second-order valence-electron chi connectivity index (χ2n) is 2.81. The molecule has 1 aromatic heterocycles. The minimum absolute atomic E-state index is 0.0650. The fourth-order valence-corrected chi connectivity index (χ4v) is 1.25. The highest BCUT2D eigenvalue weighted by atomic mass is 35.5. The van der Waals surface area contributed by atoms with E-state index in [1.54, 1.807) is 0 Å². The van der Waals surface area contributed by atoms with Crippen molar-refractivity contribution in [3.63, 3.8) is 0 Å². The Bertz CT molecular complexity index is 430. The largest absolute Gasteiger partial charge is 0.573 e. The first-order chi connectivity index (χ1) is 7.37. The minimum Gasteiger partial charge on any atom is -0.400 e. The van der Waals surface area contributed by atoms with Gasteiger partial charge in [0, 0.05) is 11.8 Å². The summed E-state index contributed by atoms with van der Waals surface area (Å²) in [6.45, 7) is -0.509. The zero-order chi connectivity index (χ0) is 12.3. The van der Waals surface area contributed by atoms with Crippen molar-refractivity contribution in [1.29, 1.82) is 0 Å². The monoisotopic (exact) mass is 257 g/mol. The lowest BCUT2D eigenvalue weighted by Crippen LogP contribution is -2.23. The number of aromatic amines is 1. The summed E-state index contributed by atoms with van der Waals surface area (Å²) >= 11 is 5.36. The predicted octanol–water partition coefficient (Wildman–Crippen LogP) is 1.50. The minimum atomic E-state index is -4.96. The normalized spacial score (nSPS) is 11.6. The molecule has 0 saturated heterocycles. The first-order valence-corrected chi connectivity index (χ1v) is 4.58. The van der Waals surface area contributed by atoms with Crippen LogP contribution in [0, 0.1) is 0 Å². The van der Waals surface area contributed by atoms with Crippen molar-refractivity contribution >= 4 is 11.6 Å². The smallest absolute Gasteiger partial charge is 0.400 e. The zero-order valence-electron chi connectivity index (χ0n) is 7.77. The third-order valence-corrected chi connectivity index (χ3v) is 1.90. The van der Waals surface area contributed by atoms with E-state index in [-0.39, 0.29) is 17.3 Å². The molecule has 90 valence electrons. The van der Waals surface area contributed by atoms with Crippen molar-refractivity contribution in [3.05, 3.63) is 27.7 Å². The van der Waals surface area contributed by atoms with E-state index < -0.39 is 24.1 Å². The van der Waals surface area contributed by atoms with Gasteiger partial charge in [0.2, 0.25) is 5.43 Å². The molecule has 1 aromatic rings. The molecular weight excluding hydrogens is 251 g/mol. The fourth-order valence-electron chi connectivity index (χ4n) is 1.07. The van der Waals surface area contributed by atoms with E-state index in [1.807, 2.05) is 0 Å². The van der Waals surface area contributed by atoms with Crippen LogP contribution in [0.15, 0.2) is 10.9 Å². The molecule has 0 spiro atoms. The van der Waals surface area contributed by atoms with Crippen LogP contribution >= 0.6 is 11.6 Å². The lowest BCUT2D eigenvalue weighted by atomic mass is 10.3. The van der Waals surface area contributed by atoms with E-state index in [1.165, 1.54) is 0 Å². The van der Waals surface area contributed by atoms with Gasteiger partial charge >= 0.3 is 6.36 Å². The standard InChI is InChI=1S/C8H7ClF3NO3/c9-2-5-7(16-8(10,11)12)6(15)1-4(3-14)13-5/h1,14H,2-3H2,(H,13,15). The molecule has 2 N–H and O–H groups in total. The highest BCUT2D eigenvalue weighted by molar-refractivity contribution is 6.17. The summed E-state index contributed by atoms with van der Waals surface area (Å²) in [7, 11) is 0. The van der Waals surface area contributed by atoms with Gasteiger partial charge in [0.1, 0.15) is 0 Å². The van der Waals surface area contributed by atoms with Crippen LogP contribution in [0.3, 0.4) is 0 Å². The van der Waals surface area contributed by atoms with E-state index in [2.05, 4.69) is 9.72 Å². The molecule has 0 aliphatic carbocycles. The van der Waals surface area contributed by atoms with Crippen molar-refractivity contribution in [1.82, 2.24) is 4.98 Å². The van der Waals surface area contributed by atoms with Crippen LogP contribution in [0.25, 0.3) is 0 Å². The number of pyridine rings is 1. The first kappa shape index (κ1) is 12.9. The van der Waals surface area contributed by atoms with Crippen LogP contribution in [0.1, 0.15) is 11.4 Å². The van der Waals surface area contributed by atoms with Gasteiger partial charge in [-0.05, 0) is 0 Å². The van der Waals surface area contributed by atoms with Gasteiger partial charge in [-0.15, -0.1) is 24.8 Å². The SMILES string of the molecule is O=c1cc(CO)[nH]c(CCl)c1OC(F)(F)F. The molecule has 0 unspecified atom stereocenters. The van der Waals surface area contributed by atoms with Gasteiger partial charge in [0.05, 0.1) is 18.2 Å². The van der Waals surface area contributed by atoms with Crippen molar-refractivity contribution < 1.29 is 23.0 Å². The van der Waals surface area contributed by atoms with Crippen LogP contribution in [0.4, 0.5) is 13.2 Å². The molecule has 0 fully saturated rings. The van der Waals surface area contributed by atoms with E-state index >= 15 is 0 Å². The Kier molecular flexibility index (Phi) is 3.82. The molecule has 1 rings (SSSR count). The first-order valence-electron chi connectivity index (χ1n) is 4.05. The number of aliphatic hydroxyl groups is 1. The van der Waals surface area contributed by atoms with Gasteiger partial charge in [-0.25, -0.2) is 0 Å². The number of aliphatic hydroxyl groups excluding tert-OH is 1. The Balaban J connectivity index is 3.22. The van der Waals surface area contributed by atoms with Gasteiger partial charge in [-0.3, -0.25) is 4.79 Å². The molecule has 8 heteroatoms. The number of aromatic nitrogens is 1. The van der Waals surface area contributed by atoms with E-state index in [0.717, 1.165) is 6.07 Å². The number of hydrogen-bond acceptors (Lipinski definition) is 3. The maximum Gasteiger partial charge on any atom is 0.573 e. The molecule has 1 heterocycles. The summed E-state index contributed by atoms with van der Waals surface area (Å²) in [6.07, 6.45) is -4.96. The molecule has 0 radical (unpaired) electrons. The van der Waals surface area contributed by atoms with Crippen LogP contribution in [-0.4, -0.2) is 16.5 Å². The lowest BCUT2D eigenvalue weighted by molar-refractivity contribution is -0.275. The molecule has 0 bridgehead atoms. The van der Waals surface area contributed by atoms with Crippen molar-refractivity contribution in [2.24, 2.45) is 0 Å². The third kappa shape index (κ3) is 3.14. The highest BCUT2D eigenvalue weighted by Gasteiger charge is 2.33. The van der Waals surface area contributed by atoms with Crippen molar-refractivity contribution in [2.45, 2.75) is 18.8 Å². The number of alkyl halides is 4. The number of hydrogen-bond donors (Lipinski definition) is 2. The van der Waals surface area contributed by atoms with Gasteiger partial charge < -0.3 is 14.8 Å². The predicted molar refractivity (Wildman–Crippen MR) is 49.2 cm³/mol. The zero-order valence-corrected chi connectivity index (χ0v) is 8.52. The van der Waals surface area contributed by atoms with Crippen LogP contribution in [0.2, 0.25) is 0 Å². The lowest BCUT2D eigenvalue weighted by Gasteiger charge is -2.12. The number of H-pyrrole nitrogens is 1. The molecule has 0 amide bonds. The Morgan fingerprint density at radius 2 is 2.12 bits per heavy atom. The maximum atomic E-state index is 12.0. The summed E-state index contributed by atoms with van der Waals surface area (Å²) in [5, 5.41) is 8.73. The average molecular weight is 258 g/mol. The molecule has 0 saturated carbocycles. The molecule has 0 atom stereocenters. The molecule has 0 aliphatic rings. The quantitative estimate of drug-likeness (QED) is 0.807. The number of halogens is 4. The van der Waals surface area contributed by atoms with Crippen molar-refractivity contribution in [2.75, 3.05) is 0 Å². The topological polar surface area (TPSA) is 62.3 Å². The van der Waals surface area contributed by atoms with Gasteiger partial charge in [0.15, 0.2) is 5.75 Å². The Morgan fingerprint density at radius 3 is 2.56 bits per heavy atom. The summed E-state index contributed by atoms with van der Waals surface area (Å²) in [5.74, 6) is -1.27. The maximum absolute atomic E-state index is 12.0. The number of ether oxygens (including phenoxy) is 1. The molecule has 4 nitrogen and oxygen atoms in total. The Labute approximate surface area is 92.6 Å². The Morgan fingerprint density at radius 1 is 1.50 bits per heavy atom. The third-order valence-electron chi connectivity index (χ3n) is 1.64. The molecule has 16 heavy (non-hydrogen) atoms. The second-order valence-corrected chi connectivity index (χ2v) is 3.07. The van der Waals surface area contributed by atoms with E-state index in [0.29, 0.717) is 0 Å². The van der Waals surface area contributed by atoms with Gasteiger partial charge in [-0.1, -0.05) is 0 Å². The fraction of sp³-hybridized carbons (Fsp3) is 0.375. The number of nitrogens with one attached hydrogen (secondary N) is 1. The van der Waals surface area contributed by atoms with Crippen LogP contribution in [-0.2, 0) is 12.5 Å². The summed E-state index contributed by atoms with van der Waals surface area (Å²) in [6, 6.07) is 0.817. The molecule has 0 aliphatic heterocycles. The van der Waals surface area contributed by atoms with Gasteiger partial charge in [0.25, 0.3) is 0 Å². The second kappa shape index (κ2) is 4.75. The average Bonchev–Trinajstić information content (AvgIpc) is 2.19.